The first-order valence-electron chi connectivity index (χ1n) is 8.61. The van der Waals surface area contributed by atoms with Crippen LogP contribution in [0.15, 0.2) is 47.8 Å². The molecule has 0 saturated heterocycles. The zero-order chi connectivity index (χ0) is 19.2. The van der Waals surface area contributed by atoms with Crippen LogP contribution < -0.4 is 14.8 Å². The number of benzene rings is 2. The Morgan fingerprint density at radius 1 is 1.07 bits per heavy atom. The SMILES string of the molecule is COc1ccc(-c2nc(CNC(=O)COc3ccc(C)c(C)c3)cs2)cc1. The number of aryl methyl sites for hydroxylation is 2. The molecule has 0 radical (unpaired) electrons. The second-order valence-corrected chi connectivity index (χ2v) is 7.04. The van der Waals surface area contributed by atoms with Gasteiger partial charge in [-0.2, -0.15) is 0 Å². The first-order valence-corrected chi connectivity index (χ1v) is 9.48. The summed E-state index contributed by atoms with van der Waals surface area (Å²) in [4.78, 5) is 16.6. The van der Waals surface area contributed by atoms with Gasteiger partial charge in [-0.3, -0.25) is 4.79 Å². The van der Waals surface area contributed by atoms with Crippen LogP contribution in [0.1, 0.15) is 16.8 Å². The highest BCUT2D eigenvalue weighted by Gasteiger charge is 2.08. The number of rotatable bonds is 7. The van der Waals surface area contributed by atoms with E-state index in [4.69, 9.17) is 9.47 Å². The summed E-state index contributed by atoms with van der Waals surface area (Å²) in [5.74, 6) is 1.34. The Hall–Kier alpha value is -2.86. The van der Waals surface area contributed by atoms with Crippen LogP contribution in [0, 0.1) is 13.8 Å². The zero-order valence-corrected chi connectivity index (χ0v) is 16.4. The lowest BCUT2D eigenvalue weighted by Crippen LogP contribution is -2.28. The molecular weight excluding hydrogens is 360 g/mol. The van der Waals surface area contributed by atoms with Crippen molar-refractivity contribution in [1.29, 1.82) is 0 Å². The molecule has 5 nitrogen and oxygen atoms in total. The molecule has 3 aromatic rings. The Morgan fingerprint density at radius 3 is 2.52 bits per heavy atom. The average molecular weight is 382 g/mol. The molecule has 0 bridgehead atoms. The van der Waals surface area contributed by atoms with Crippen molar-refractivity contribution in [2.45, 2.75) is 20.4 Å². The Morgan fingerprint density at radius 2 is 1.81 bits per heavy atom. The van der Waals surface area contributed by atoms with E-state index in [9.17, 15) is 4.79 Å². The fourth-order valence-electron chi connectivity index (χ4n) is 2.45. The van der Waals surface area contributed by atoms with Gasteiger partial charge < -0.3 is 14.8 Å². The van der Waals surface area contributed by atoms with Crippen LogP contribution in [0.2, 0.25) is 0 Å². The van der Waals surface area contributed by atoms with Crippen LogP contribution in [-0.4, -0.2) is 24.6 Å². The molecule has 0 unspecified atom stereocenters. The van der Waals surface area contributed by atoms with Crippen molar-refractivity contribution >= 4 is 17.2 Å². The number of hydrogen-bond acceptors (Lipinski definition) is 5. The summed E-state index contributed by atoms with van der Waals surface area (Å²) in [5.41, 5.74) is 4.19. The number of hydrogen-bond donors (Lipinski definition) is 1. The molecule has 0 fully saturated rings. The Labute approximate surface area is 163 Å². The van der Waals surface area contributed by atoms with Crippen molar-refractivity contribution in [3.8, 4) is 22.1 Å². The molecule has 0 aliphatic rings. The molecule has 0 spiro atoms. The number of thiazole rings is 1. The van der Waals surface area contributed by atoms with Gasteiger partial charge in [0.1, 0.15) is 16.5 Å². The minimum Gasteiger partial charge on any atom is -0.497 e. The second kappa shape index (κ2) is 8.68. The molecule has 2 aromatic carbocycles. The van der Waals surface area contributed by atoms with Crippen LogP contribution in [0.4, 0.5) is 0 Å². The second-order valence-electron chi connectivity index (χ2n) is 6.18. The van der Waals surface area contributed by atoms with Gasteiger partial charge in [0.2, 0.25) is 0 Å². The number of amides is 1. The van der Waals surface area contributed by atoms with Crippen molar-refractivity contribution in [1.82, 2.24) is 10.3 Å². The van der Waals surface area contributed by atoms with Gasteiger partial charge in [0, 0.05) is 10.9 Å². The van der Waals surface area contributed by atoms with Crippen LogP contribution in [0.25, 0.3) is 10.6 Å². The van der Waals surface area contributed by atoms with E-state index in [0.29, 0.717) is 12.3 Å². The zero-order valence-electron chi connectivity index (χ0n) is 15.6. The van der Waals surface area contributed by atoms with Gasteiger partial charge in [-0.05, 0) is 61.4 Å². The van der Waals surface area contributed by atoms with Crippen molar-refractivity contribution in [2.24, 2.45) is 0 Å². The van der Waals surface area contributed by atoms with Gasteiger partial charge in [-0.1, -0.05) is 6.07 Å². The third kappa shape index (κ3) is 5.08. The predicted molar refractivity (Wildman–Crippen MR) is 107 cm³/mol. The molecule has 1 aromatic heterocycles. The number of carbonyl (C=O) groups excluding carboxylic acids is 1. The van der Waals surface area contributed by atoms with Crippen LogP contribution in [0.5, 0.6) is 11.5 Å². The highest BCUT2D eigenvalue weighted by molar-refractivity contribution is 7.13. The number of methoxy groups -OCH3 is 1. The standard InChI is InChI=1S/C21H22N2O3S/c1-14-4-7-19(10-15(14)2)26-12-20(24)22-11-17-13-27-21(23-17)16-5-8-18(25-3)9-6-16/h4-10,13H,11-12H2,1-3H3,(H,22,24). The topological polar surface area (TPSA) is 60.5 Å². The summed E-state index contributed by atoms with van der Waals surface area (Å²) in [5, 5.41) is 5.70. The Balaban J connectivity index is 1.50. The van der Waals surface area contributed by atoms with Crippen LogP contribution in [0.3, 0.4) is 0 Å². The molecule has 0 aliphatic carbocycles. The van der Waals surface area contributed by atoms with E-state index >= 15 is 0 Å². The quantitative estimate of drug-likeness (QED) is 0.667. The molecule has 3 rings (SSSR count). The van der Waals surface area contributed by atoms with E-state index in [0.717, 1.165) is 27.6 Å². The molecule has 27 heavy (non-hydrogen) atoms. The summed E-state index contributed by atoms with van der Waals surface area (Å²) >= 11 is 1.55. The van der Waals surface area contributed by atoms with Gasteiger partial charge in [-0.25, -0.2) is 4.98 Å². The maximum Gasteiger partial charge on any atom is 0.258 e. The smallest absolute Gasteiger partial charge is 0.258 e. The lowest BCUT2D eigenvalue weighted by atomic mass is 10.1. The summed E-state index contributed by atoms with van der Waals surface area (Å²) in [6.45, 7) is 4.42. The molecular formula is C21H22N2O3S. The van der Waals surface area contributed by atoms with Crippen LogP contribution >= 0.6 is 11.3 Å². The normalized spacial score (nSPS) is 10.5. The molecule has 6 heteroatoms. The van der Waals surface area contributed by atoms with Gasteiger partial charge in [0.05, 0.1) is 19.3 Å². The maximum absolute atomic E-state index is 12.0. The lowest BCUT2D eigenvalue weighted by molar-refractivity contribution is -0.123. The molecule has 140 valence electrons. The molecule has 1 heterocycles. The van der Waals surface area contributed by atoms with E-state index in [1.165, 1.54) is 5.56 Å². The first-order chi connectivity index (χ1) is 13.0. The van der Waals surface area contributed by atoms with Gasteiger partial charge in [0.15, 0.2) is 6.61 Å². The number of carbonyl (C=O) groups is 1. The minimum absolute atomic E-state index is 0.0159. The third-order valence-electron chi connectivity index (χ3n) is 4.20. The summed E-state index contributed by atoms with van der Waals surface area (Å²) in [6.07, 6.45) is 0. The number of aromatic nitrogens is 1. The van der Waals surface area contributed by atoms with E-state index in [-0.39, 0.29) is 12.5 Å². The fourth-order valence-corrected chi connectivity index (χ4v) is 3.27. The van der Waals surface area contributed by atoms with Crippen molar-refractivity contribution < 1.29 is 14.3 Å². The lowest BCUT2D eigenvalue weighted by Gasteiger charge is -2.08. The van der Waals surface area contributed by atoms with E-state index in [1.54, 1.807) is 18.4 Å². The molecule has 0 aliphatic heterocycles. The highest BCUT2D eigenvalue weighted by atomic mass is 32.1. The number of ether oxygens (including phenoxy) is 2. The Kier molecular flexibility index (Phi) is 6.08. The molecule has 0 saturated carbocycles. The van der Waals surface area contributed by atoms with E-state index in [1.807, 2.05) is 61.7 Å². The van der Waals surface area contributed by atoms with Crippen molar-refractivity contribution in [2.75, 3.05) is 13.7 Å². The highest BCUT2D eigenvalue weighted by Crippen LogP contribution is 2.25. The fraction of sp³-hybridized carbons (Fsp3) is 0.238. The summed E-state index contributed by atoms with van der Waals surface area (Å²) < 4.78 is 10.7. The maximum atomic E-state index is 12.0. The van der Waals surface area contributed by atoms with Gasteiger partial charge in [0.25, 0.3) is 5.91 Å². The van der Waals surface area contributed by atoms with Crippen molar-refractivity contribution in [3.05, 3.63) is 64.7 Å². The Bertz CT molecular complexity index is 919. The van der Waals surface area contributed by atoms with Gasteiger partial charge in [-0.15, -0.1) is 11.3 Å². The first kappa shape index (κ1) is 18.9. The van der Waals surface area contributed by atoms with Gasteiger partial charge >= 0.3 is 0 Å². The predicted octanol–water partition coefficient (Wildman–Crippen LogP) is 4.13. The summed E-state index contributed by atoms with van der Waals surface area (Å²) in [7, 11) is 1.64. The molecule has 1 N–H and O–H groups in total. The average Bonchev–Trinajstić information content (AvgIpc) is 3.16. The largest absolute Gasteiger partial charge is 0.497 e. The molecule has 0 atom stereocenters. The molecule has 1 amide bonds. The third-order valence-corrected chi connectivity index (χ3v) is 5.14. The minimum atomic E-state index is -0.174. The monoisotopic (exact) mass is 382 g/mol. The van der Waals surface area contributed by atoms with Crippen LogP contribution in [-0.2, 0) is 11.3 Å². The van der Waals surface area contributed by atoms with Crippen molar-refractivity contribution in [3.63, 3.8) is 0 Å². The van der Waals surface area contributed by atoms with E-state index in [2.05, 4.69) is 10.3 Å². The number of nitrogens with one attached hydrogen (secondary N) is 1. The van der Waals surface area contributed by atoms with E-state index < -0.39 is 0 Å². The summed E-state index contributed by atoms with van der Waals surface area (Å²) in [6, 6.07) is 13.5. The number of nitrogens with zero attached hydrogens (tertiary/aromatic N) is 1.